The number of aliphatic carboxylic acids is 1. The van der Waals surface area contributed by atoms with E-state index in [0.29, 0.717) is 24.8 Å². The zero-order valence-electron chi connectivity index (χ0n) is 12.7. The Hall–Kier alpha value is -1.06. The highest BCUT2D eigenvalue weighted by molar-refractivity contribution is 5.78. The van der Waals surface area contributed by atoms with Gasteiger partial charge in [-0.2, -0.15) is 0 Å². The molecule has 0 spiro atoms. The van der Waals surface area contributed by atoms with Crippen LogP contribution in [0.15, 0.2) is 0 Å². The average molecular weight is 271 g/mol. The number of carbonyl (C=O) groups excluding carboxylic acids is 1. The second kappa shape index (κ2) is 9.82. The van der Waals surface area contributed by atoms with Gasteiger partial charge in [0.2, 0.25) is 5.91 Å². The molecule has 112 valence electrons. The highest BCUT2D eigenvalue weighted by atomic mass is 16.4. The van der Waals surface area contributed by atoms with Gasteiger partial charge in [-0.3, -0.25) is 9.59 Å². The zero-order chi connectivity index (χ0) is 14.8. The summed E-state index contributed by atoms with van der Waals surface area (Å²) in [5.74, 6) is 0.352. The number of rotatable bonds is 10. The van der Waals surface area contributed by atoms with Crippen molar-refractivity contribution < 1.29 is 14.7 Å². The van der Waals surface area contributed by atoms with Crippen molar-refractivity contribution in [2.45, 2.75) is 59.8 Å². The molecule has 0 aliphatic carbocycles. The predicted octanol–water partition coefficient (Wildman–Crippen LogP) is 3.07. The van der Waals surface area contributed by atoms with Crippen LogP contribution in [0.25, 0.3) is 0 Å². The average Bonchev–Trinajstić information content (AvgIpc) is 2.29. The third-order valence-electron chi connectivity index (χ3n) is 3.23. The molecule has 19 heavy (non-hydrogen) atoms. The van der Waals surface area contributed by atoms with Crippen LogP contribution in [-0.2, 0) is 9.59 Å². The van der Waals surface area contributed by atoms with Gasteiger partial charge in [0.25, 0.3) is 0 Å². The van der Waals surface area contributed by atoms with Gasteiger partial charge in [-0.25, -0.2) is 0 Å². The SMILES string of the molecule is CC(C)CC(C(=O)NCCCCCC(=O)O)C(C)C. The first kappa shape index (κ1) is 17.9. The molecule has 1 unspecified atom stereocenters. The van der Waals surface area contributed by atoms with Gasteiger partial charge in [-0.1, -0.05) is 34.1 Å². The van der Waals surface area contributed by atoms with E-state index in [-0.39, 0.29) is 18.2 Å². The normalized spacial score (nSPS) is 12.7. The van der Waals surface area contributed by atoms with Crippen molar-refractivity contribution >= 4 is 11.9 Å². The topological polar surface area (TPSA) is 66.4 Å². The molecular weight excluding hydrogens is 242 g/mol. The largest absolute Gasteiger partial charge is 0.481 e. The summed E-state index contributed by atoms with van der Waals surface area (Å²) in [4.78, 5) is 22.4. The first-order valence-electron chi connectivity index (χ1n) is 7.34. The van der Waals surface area contributed by atoms with Crippen LogP contribution in [0.4, 0.5) is 0 Å². The molecule has 0 radical (unpaired) electrons. The van der Waals surface area contributed by atoms with Crippen molar-refractivity contribution in [2.24, 2.45) is 17.8 Å². The van der Waals surface area contributed by atoms with Gasteiger partial charge in [-0.05, 0) is 31.1 Å². The molecule has 1 amide bonds. The van der Waals surface area contributed by atoms with Crippen LogP contribution in [0.3, 0.4) is 0 Å². The quantitative estimate of drug-likeness (QED) is 0.600. The lowest BCUT2D eigenvalue weighted by Gasteiger charge is -2.22. The fourth-order valence-electron chi connectivity index (χ4n) is 2.11. The summed E-state index contributed by atoms with van der Waals surface area (Å²) in [7, 11) is 0. The minimum Gasteiger partial charge on any atom is -0.481 e. The van der Waals surface area contributed by atoms with Crippen molar-refractivity contribution in [3.8, 4) is 0 Å². The van der Waals surface area contributed by atoms with Crippen LogP contribution >= 0.6 is 0 Å². The summed E-state index contributed by atoms with van der Waals surface area (Å²) in [6, 6.07) is 0. The van der Waals surface area contributed by atoms with Crippen molar-refractivity contribution in [1.82, 2.24) is 5.32 Å². The van der Waals surface area contributed by atoms with Crippen LogP contribution in [0.1, 0.15) is 59.8 Å². The maximum atomic E-state index is 12.1. The van der Waals surface area contributed by atoms with E-state index in [0.717, 1.165) is 19.3 Å². The summed E-state index contributed by atoms with van der Waals surface area (Å²) in [6.07, 6.45) is 3.53. The third-order valence-corrected chi connectivity index (χ3v) is 3.23. The second-order valence-corrected chi connectivity index (χ2v) is 5.98. The van der Waals surface area contributed by atoms with E-state index in [1.807, 2.05) is 0 Å². The van der Waals surface area contributed by atoms with Crippen LogP contribution < -0.4 is 5.32 Å². The second-order valence-electron chi connectivity index (χ2n) is 5.98. The molecule has 0 aromatic heterocycles. The highest BCUT2D eigenvalue weighted by Gasteiger charge is 2.22. The van der Waals surface area contributed by atoms with Gasteiger partial charge in [0.15, 0.2) is 0 Å². The van der Waals surface area contributed by atoms with E-state index in [9.17, 15) is 9.59 Å². The monoisotopic (exact) mass is 271 g/mol. The Morgan fingerprint density at radius 3 is 2.16 bits per heavy atom. The van der Waals surface area contributed by atoms with Gasteiger partial charge in [0.05, 0.1) is 0 Å². The van der Waals surface area contributed by atoms with E-state index in [2.05, 4.69) is 33.0 Å². The Morgan fingerprint density at radius 2 is 1.68 bits per heavy atom. The first-order valence-corrected chi connectivity index (χ1v) is 7.34. The molecule has 0 bridgehead atoms. The van der Waals surface area contributed by atoms with Gasteiger partial charge >= 0.3 is 5.97 Å². The van der Waals surface area contributed by atoms with Gasteiger partial charge in [-0.15, -0.1) is 0 Å². The van der Waals surface area contributed by atoms with Crippen LogP contribution in [0.2, 0.25) is 0 Å². The molecule has 0 aromatic rings. The Kier molecular flexibility index (Phi) is 9.27. The molecule has 1 atom stereocenters. The molecule has 0 saturated heterocycles. The molecule has 4 heteroatoms. The number of carboxylic acid groups (broad SMARTS) is 1. The number of carbonyl (C=O) groups is 2. The van der Waals surface area contributed by atoms with E-state index in [1.54, 1.807) is 0 Å². The Balaban J connectivity index is 3.84. The van der Waals surface area contributed by atoms with Gasteiger partial charge < -0.3 is 10.4 Å². The maximum absolute atomic E-state index is 12.1. The fourth-order valence-corrected chi connectivity index (χ4v) is 2.11. The minimum atomic E-state index is -0.749. The van der Waals surface area contributed by atoms with E-state index in [1.165, 1.54) is 0 Å². The lowest BCUT2D eigenvalue weighted by Crippen LogP contribution is -2.35. The number of amides is 1. The number of carboxylic acids is 1. The van der Waals surface area contributed by atoms with Crippen LogP contribution in [0, 0.1) is 17.8 Å². The molecule has 0 aliphatic heterocycles. The third kappa shape index (κ3) is 9.51. The maximum Gasteiger partial charge on any atom is 0.303 e. The van der Waals surface area contributed by atoms with E-state index >= 15 is 0 Å². The molecule has 0 heterocycles. The standard InChI is InChI=1S/C15H29NO3/c1-11(2)10-13(12(3)4)15(19)16-9-7-5-6-8-14(17)18/h11-13H,5-10H2,1-4H3,(H,16,19)(H,17,18). The summed E-state index contributed by atoms with van der Waals surface area (Å²) in [5, 5.41) is 11.5. The highest BCUT2D eigenvalue weighted by Crippen LogP contribution is 2.20. The van der Waals surface area contributed by atoms with Crippen molar-refractivity contribution in [3.63, 3.8) is 0 Å². The molecule has 0 fully saturated rings. The molecule has 0 saturated carbocycles. The number of nitrogens with one attached hydrogen (secondary N) is 1. The van der Waals surface area contributed by atoms with Gasteiger partial charge in [0, 0.05) is 18.9 Å². The summed E-state index contributed by atoms with van der Waals surface area (Å²) in [6.45, 7) is 9.09. The molecule has 0 aromatic carbocycles. The number of unbranched alkanes of at least 4 members (excludes halogenated alkanes) is 2. The first-order chi connectivity index (χ1) is 8.84. The van der Waals surface area contributed by atoms with Crippen molar-refractivity contribution in [1.29, 1.82) is 0 Å². The predicted molar refractivity (Wildman–Crippen MR) is 76.9 cm³/mol. The van der Waals surface area contributed by atoms with Crippen molar-refractivity contribution in [2.75, 3.05) is 6.54 Å². The Labute approximate surface area is 117 Å². The molecular formula is C15H29NO3. The number of hydrogen-bond donors (Lipinski definition) is 2. The molecule has 2 N–H and O–H groups in total. The van der Waals surface area contributed by atoms with Crippen LogP contribution in [0.5, 0.6) is 0 Å². The molecule has 4 nitrogen and oxygen atoms in total. The van der Waals surface area contributed by atoms with Gasteiger partial charge in [0.1, 0.15) is 0 Å². The van der Waals surface area contributed by atoms with E-state index in [4.69, 9.17) is 5.11 Å². The molecule has 0 rings (SSSR count). The lowest BCUT2D eigenvalue weighted by atomic mass is 9.87. The lowest BCUT2D eigenvalue weighted by molar-refractivity contribution is -0.137. The number of hydrogen-bond acceptors (Lipinski definition) is 2. The fraction of sp³-hybridized carbons (Fsp3) is 0.867. The van der Waals surface area contributed by atoms with E-state index < -0.39 is 5.97 Å². The van der Waals surface area contributed by atoms with Crippen molar-refractivity contribution in [3.05, 3.63) is 0 Å². The Bertz CT molecular complexity index is 275. The Morgan fingerprint density at radius 1 is 1.05 bits per heavy atom. The smallest absolute Gasteiger partial charge is 0.303 e. The summed E-state index contributed by atoms with van der Waals surface area (Å²) in [5.41, 5.74) is 0. The summed E-state index contributed by atoms with van der Waals surface area (Å²) < 4.78 is 0. The minimum absolute atomic E-state index is 0.0824. The van der Waals surface area contributed by atoms with Crippen LogP contribution in [-0.4, -0.2) is 23.5 Å². The molecule has 0 aliphatic rings. The zero-order valence-corrected chi connectivity index (χ0v) is 12.7. The summed E-state index contributed by atoms with van der Waals surface area (Å²) >= 11 is 0.